The second kappa shape index (κ2) is 9.86. The molecule has 0 spiro atoms. The van der Waals surface area contributed by atoms with Gasteiger partial charge in [-0.3, -0.25) is 14.5 Å². The molecule has 1 saturated carbocycles. The molecule has 2 heterocycles. The first kappa shape index (κ1) is 22.5. The SMILES string of the molecule is Cc1ccoc1C(=O)NC1CCN(CC(=O)NCC2(c3ccc(F)cc3)CCCC2)CC1. The number of piperidine rings is 1. The Morgan fingerprint density at radius 3 is 2.44 bits per heavy atom. The zero-order valence-electron chi connectivity index (χ0n) is 18.7. The lowest BCUT2D eigenvalue weighted by Crippen LogP contribution is -2.48. The molecular weight excluding hydrogens is 409 g/mol. The van der Waals surface area contributed by atoms with Crippen LogP contribution in [0, 0.1) is 12.7 Å². The second-order valence-electron chi connectivity index (χ2n) is 9.23. The molecule has 0 atom stereocenters. The summed E-state index contributed by atoms with van der Waals surface area (Å²) >= 11 is 0. The van der Waals surface area contributed by atoms with E-state index in [0.29, 0.717) is 18.8 Å². The molecule has 1 aliphatic carbocycles. The summed E-state index contributed by atoms with van der Waals surface area (Å²) < 4.78 is 18.6. The number of nitrogens with one attached hydrogen (secondary N) is 2. The zero-order chi connectivity index (χ0) is 22.6. The van der Waals surface area contributed by atoms with Crippen molar-refractivity contribution in [2.45, 2.75) is 56.9 Å². The van der Waals surface area contributed by atoms with E-state index in [9.17, 15) is 14.0 Å². The number of aryl methyl sites for hydroxylation is 1. The third-order valence-corrected chi connectivity index (χ3v) is 7.00. The molecule has 2 aromatic rings. The number of likely N-dealkylation sites (tertiary alicyclic amines) is 1. The first-order valence-corrected chi connectivity index (χ1v) is 11.6. The van der Waals surface area contributed by atoms with E-state index < -0.39 is 0 Å². The predicted octanol–water partition coefficient (Wildman–Crippen LogP) is 3.55. The van der Waals surface area contributed by atoms with Gasteiger partial charge >= 0.3 is 0 Å². The summed E-state index contributed by atoms with van der Waals surface area (Å²) in [5.41, 5.74) is 1.85. The summed E-state index contributed by atoms with van der Waals surface area (Å²) in [6, 6.07) is 8.60. The number of furan rings is 1. The largest absolute Gasteiger partial charge is 0.459 e. The van der Waals surface area contributed by atoms with Gasteiger partial charge in [-0.05, 0) is 56.4 Å². The Balaban J connectivity index is 1.23. The Morgan fingerprint density at radius 1 is 1.12 bits per heavy atom. The quantitative estimate of drug-likeness (QED) is 0.689. The van der Waals surface area contributed by atoms with Crippen molar-refractivity contribution in [3.05, 3.63) is 59.3 Å². The third kappa shape index (κ3) is 5.21. The minimum absolute atomic E-state index is 0.0204. The highest BCUT2D eigenvalue weighted by molar-refractivity contribution is 5.93. The molecule has 2 fully saturated rings. The topological polar surface area (TPSA) is 74.6 Å². The lowest BCUT2D eigenvalue weighted by atomic mass is 9.79. The van der Waals surface area contributed by atoms with Crippen LogP contribution in [0.1, 0.15) is 60.2 Å². The number of hydrogen-bond donors (Lipinski definition) is 2. The fourth-order valence-electron chi connectivity index (χ4n) is 5.04. The molecule has 0 unspecified atom stereocenters. The Morgan fingerprint density at radius 2 is 1.81 bits per heavy atom. The summed E-state index contributed by atoms with van der Waals surface area (Å²) in [5.74, 6) is -0.0166. The van der Waals surface area contributed by atoms with Gasteiger partial charge < -0.3 is 15.1 Å². The smallest absolute Gasteiger partial charge is 0.287 e. The lowest BCUT2D eigenvalue weighted by molar-refractivity contribution is -0.122. The van der Waals surface area contributed by atoms with Crippen molar-refractivity contribution < 1.29 is 18.4 Å². The monoisotopic (exact) mass is 441 g/mol. The number of hydrogen-bond acceptors (Lipinski definition) is 4. The fraction of sp³-hybridized carbons (Fsp3) is 0.520. The van der Waals surface area contributed by atoms with Crippen molar-refractivity contribution >= 4 is 11.8 Å². The van der Waals surface area contributed by atoms with Crippen LogP contribution >= 0.6 is 0 Å². The maximum Gasteiger partial charge on any atom is 0.287 e. The van der Waals surface area contributed by atoms with Crippen LogP contribution in [-0.2, 0) is 10.2 Å². The average Bonchev–Trinajstić information content (AvgIpc) is 3.44. The van der Waals surface area contributed by atoms with Gasteiger partial charge in [0.25, 0.3) is 5.91 Å². The summed E-state index contributed by atoms with van der Waals surface area (Å²) in [6.45, 7) is 4.33. The van der Waals surface area contributed by atoms with Gasteiger partial charge in [0.1, 0.15) is 5.82 Å². The molecule has 0 bridgehead atoms. The number of benzene rings is 1. The van der Waals surface area contributed by atoms with E-state index in [4.69, 9.17) is 4.42 Å². The van der Waals surface area contributed by atoms with Crippen molar-refractivity contribution in [3.63, 3.8) is 0 Å². The second-order valence-corrected chi connectivity index (χ2v) is 9.23. The molecule has 7 heteroatoms. The van der Waals surface area contributed by atoms with Gasteiger partial charge in [-0.25, -0.2) is 4.39 Å². The van der Waals surface area contributed by atoms with Gasteiger partial charge in [0.2, 0.25) is 5.91 Å². The minimum Gasteiger partial charge on any atom is -0.459 e. The molecule has 1 aliphatic heterocycles. The summed E-state index contributed by atoms with van der Waals surface area (Å²) in [6.07, 6.45) is 7.42. The number of carbonyl (C=O) groups excluding carboxylic acids is 2. The van der Waals surface area contributed by atoms with Crippen molar-refractivity contribution in [2.75, 3.05) is 26.2 Å². The number of rotatable bonds is 7. The maximum atomic E-state index is 13.4. The van der Waals surface area contributed by atoms with Crippen LogP contribution in [0.3, 0.4) is 0 Å². The molecule has 2 amide bonds. The van der Waals surface area contributed by atoms with Gasteiger partial charge in [0.05, 0.1) is 12.8 Å². The molecular formula is C25H32FN3O3. The maximum absolute atomic E-state index is 13.4. The van der Waals surface area contributed by atoms with Crippen LogP contribution in [0.4, 0.5) is 4.39 Å². The summed E-state index contributed by atoms with van der Waals surface area (Å²) in [5, 5.41) is 6.18. The van der Waals surface area contributed by atoms with E-state index in [2.05, 4.69) is 15.5 Å². The standard InChI is InChI=1S/C25H32FN3O3/c1-18-10-15-32-23(18)24(31)28-21-8-13-29(14-9-21)16-22(30)27-17-25(11-2-3-12-25)19-4-6-20(26)7-5-19/h4-7,10,15,21H,2-3,8-9,11-14,16-17H2,1H3,(H,27,30)(H,28,31). The first-order chi connectivity index (χ1) is 15.4. The van der Waals surface area contributed by atoms with Crippen LogP contribution < -0.4 is 10.6 Å². The minimum atomic E-state index is -0.232. The molecule has 0 radical (unpaired) electrons. The Kier molecular flexibility index (Phi) is 6.94. The van der Waals surface area contributed by atoms with E-state index in [1.165, 1.54) is 18.4 Å². The molecule has 4 rings (SSSR count). The van der Waals surface area contributed by atoms with E-state index in [0.717, 1.165) is 62.7 Å². The van der Waals surface area contributed by atoms with Crippen molar-refractivity contribution in [1.29, 1.82) is 0 Å². The van der Waals surface area contributed by atoms with Gasteiger partial charge in [0.15, 0.2) is 5.76 Å². The molecule has 2 N–H and O–H groups in total. The highest BCUT2D eigenvalue weighted by atomic mass is 19.1. The zero-order valence-corrected chi connectivity index (χ0v) is 18.7. The summed E-state index contributed by atoms with van der Waals surface area (Å²) in [7, 11) is 0. The number of carbonyl (C=O) groups is 2. The molecule has 1 saturated heterocycles. The van der Waals surface area contributed by atoms with Crippen molar-refractivity contribution in [3.8, 4) is 0 Å². The fourth-order valence-corrected chi connectivity index (χ4v) is 5.04. The molecule has 6 nitrogen and oxygen atoms in total. The molecule has 2 aliphatic rings. The van der Waals surface area contributed by atoms with Crippen LogP contribution in [0.5, 0.6) is 0 Å². The van der Waals surface area contributed by atoms with Crippen molar-refractivity contribution in [1.82, 2.24) is 15.5 Å². The third-order valence-electron chi connectivity index (χ3n) is 7.00. The normalized spacial score (nSPS) is 19.1. The highest BCUT2D eigenvalue weighted by Gasteiger charge is 2.36. The van der Waals surface area contributed by atoms with Crippen LogP contribution in [0.25, 0.3) is 0 Å². The Hall–Kier alpha value is -2.67. The number of nitrogens with zero attached hydrogens (tertiary/aromatic N) is 1. The predicted molar refractivity (Wildman–Crippen MR) is 120 cm³/mol. The molecule has 1 aromatic carbocycles. The van der Waals surface area contributed by atoms with Crippen LogP contribution in [0.15, 0.2) is 41.0 Å². The summed E-state index contributed by atoms with van der Waals surface area (Å²) in [4.78, 5) is 27.1. The lowest BCUT2D eigenvalue weighted by Gasteiger charge is -2.33. The van der Waals surface area contributed by atoms with Crippen LogP contribution in [-0.4, -0.2) is 48.9 Å². The van der Waals surface area contributed by atoms with E-state index in [1.54, 1.807) is 6.07 Å². The Bertz CT molecular complexity index is 926. The molecule has 1 aromatic heterocycles. The van der Waals surface area contributed by atoms with Gasteiger partial charge in [-0.15, -0.1) is 0 Å². The van der Waals surface area contributed by atoms with E-state index >= 15 is 0 Å². The van der Waals surface area contributed by atoms with Gasteiger partial charge in [-0.1, -0.05) is 25.0 Å². The average molecular weight is 442 g/mol. The van der Waals surface area contributed by atoms with Crippen LogP contribution in [0.2, 0.25) is 0 Å². The van der Waals surface area contributed by atoms with Gasteiger partial charge in [0, 0.05) is 36.7 Å². The Labute approximate surface area is 188 Å². The number of amides is 2. The highest BCUT2D eigenvalue weighted by Crippen LogP contribution is 2.40. The molecule has 32 heavy (non-hydrogen) atoms. The molecule has 172 valence electrons. The first-order valence-electron chi connectivity index (χ1n) is 11.6. The van der Waals surface area contributed by atoms with Gasteiger partial charge in [-0.2, -0.15) is 0 Å². The van der Waals surface area contributed by atoms with E-state index in [1.807, 2.05) is 19.1 Å². The number of halogens is 1. The van der Waals surface area contributed by atoms with Crippen molar-refractivity contribution in [2.24, 2.45) is 0 Å². The van der Waals surface area contributed by atoms with E-state index in [-0.39, 0.29) is 29.1 Å².